The molecule has 2 unspecified atom stereocenters. The van der Waals surface area contributed by atoms with Gasteiger partial charge in [0.25, 0.3) is 0 Å². The summed E-state index contributed by atoms with van der Waals surface area (Å²) in [5.74, 6) is -1.71. The van der Waals surface area contributed by atoms with Crippen LogP contribution in [0, 0.1) is 0 Å². The van der Waals surface area contributed by atoms with E-state index in [1.807, 2.05) is 38.1 Å². The van der Waals surface area contributed by atoms with Gasteiger partial charge in [0.2, 0.25) is 0 Å². The van der Waals surface area contributed by atoms with E-state index >= 15 is 0 Å². The van der Waals surface area contributed by atoms with Crippen LogP contribution in [-0.4, -0.2) is 22.2 Å². The second kappa shape index (κ2) is 14.8. The molecule has 0 aliphatic carbocycles. The summed E-state index contributed by atoms with van der Waals surface area (Å²) in [6, 6.07) is 24.8. The molecule has 0 saturated carbocycles. The molecule has 0 bridgehead atoms. The fourth-order valence-electron chi connectivity index (χ4n) is 4.49. The fourth-order valence-corrected chi connectivity index (χ4v) is 4.49. The van der Waals surface area contributed by atoms with Crippen LogP contribution in [0.5, 0.6) is 0 Å². The lowest BCUT2D eigenvalue weighted by atomic mass is 9.80. The first-order valence-corrected chi connectivity index (χ1v) is 12.6. The van der Waals surface area contributed by atoms with Gasteiger partial charge in [-0.1, -0.05) is 93.9 Å². The van der Waals surface area contributed by atoms with Crippen molar-refractivity contribution in [2.75, 3.05) is 0 Å². The van der Waals surface area contributed by atoms with Gasteiger partial charge >= 0.3 is 11.9 Å². The molecule has 0 heterocycles. The largest absolute Gasteiger partial charge is 0.478 e. The van der Waals surface area contributed by atoms with E-state index in [0.717, 1.165) is 30.4 Å². The third-order valence-corrected chi connectivity index (χ3v) is 6.48. The molecule has 0 aliphatic heterocycles. The minimum absolute atomic E-state index is 0.0686. The first kappa shape index (κ1) is 27.8. The van der Waals surface area contributed by atoms with E-state index in [1.165, 1.54) is 24.8 Å². The van der Waals surface area contributed by atoms with Gasteiger partial charge in [0.1, 0.15) is 0 Å². The molecular weight excluding hydrogens is 436 g/mol. The van der Waals surface area contributed by atoms with Crippen molar-refractivity contribution >= 4 is 11.9 Å². The van der Waals surface area contributed by atoms with Crippen LogP contribution in [0.2, 0.25) is 0 Å². The van der Waals surface area contributed by atoms with E-state index in [-0.39, 0.29) is 11.8 Å². The van der Waals surface area contributed by atoms with Crippen molar-refractivity contribution in [2.45, 2.75) is 71.1 Å². The second-order valence-electron chi connectivity index (χ2n) is 8.82. The zero-order chi connectivity index (χ0) is 25.6. The topological polar surface area (TPSA) is 74.6 Å². The van der Waals surface area contributed by atoms with Crippen LogP contribution in [0.4, 0.5) is 0 Å². The summed E-state index contributed by atoms with van der Waals surface area (Å²) in [5, 5.41) is 18.9. The number of aromatic carboxylic acids is 2. The number of carboxylic acids is 2. The highest BCUT2D eigenvalue weighted by molar-refractivity contribution is 5.90. The summed E-state index contributed by atoms with van der Waals surface area (Å²) >= 11 is 0. The van der Waals surface area contributed by atoms with Crippen molar-refractivity contribution < 1.29 is 19.8 Å². The number of unbranched alkanes of at least 4 members (excludes halogenated alkanes) is 1. The lowest BCUT2D eigenvalue weighted by Gasteiger charge is -2.24. The maximum atomic E-state index is 11.5. The van der Waals surface area contributed by atoms with E-state index in [4.69, 9.17) is 0 Å². The molecular formula is C31H38O4. The van der Waals surface area contributed by atoms with Crippen LogP contribution in [0.1, 0.15) is 102 Å². The third-order valence-electron chi connectivity index (χ3n) is 6.48. The van der Waals surface area contributed by atoms with Gasteiger partial charge in [0.05, 0.1) is 11.1 Å². The van der Waals surface area contributed by atoms with Crippen molar-refractivity contribution in [1.29, 1.82) is 0 Å². The molecule has 4 heteroatoms. The van der Waals surface area contributed by atoms with Gasteiger partial charge in [-0.05, 0) is 72.8 Å². The highest BCUT2D eigenvalue weighted by Crippen LogP contribution is 2.36. The Morgan fingerprint density at radius 3 is 1.49 bits per heavy atom. The molecule has 0 radical (unpaired) electrons. The lowest BCUT2D eigenvalue weighted by molar-refractivity contribution is 0.0685. The average molecular weight is 475 g/mol. The molecule has 186 valence electrons. The van der Waals surface area contributed by atoms with Gasteiger partial charge < -0.3 is 10.2 Å². The van der Waals surface area contributed by atoms with E-state index in [9.17, 15) is 19.8 Å². The summed E-state index contributed by atoms with van der Waals surface area (Å²) in [4.78, 5) is 23.1. The van der Waals surface area contributed by atoms with Gasteiger partial charge in [-0.15, -0.1) is 0 Å². The van der Waals surface area contributed by atoms with Crippen molar-refractivity contribution in [1.82, 2.24) is 0 Å². The minimum atomic E-state index is -0.923. The lowest BCUT2D eigenvalue weighted by Crippen LogP contribution is -2.13. The van der Waals surface area contributed by atoms with Crippen LogP contribution in [0.15, 0.2) is 78.9 Å². The molecule has 0 aliphatic rings. The molecule has 2 atom stereocenters. The standard InChI is InChI=1S/C21H24O4.C10H14/c1-3-14(16-9-5-7-11-18(16)20(22)23)13-15(4-2)17-10-6-8-12-19(17)21(24)25;1-2-3-7-10-8-5-4-6-9-10/h5-12,14-15H,3-4,13H2,1-2H3,(H,22,23)(H,24,25);4-6,8-9H,2-3,7H2,1H3. The molecule has 3 aromatic carbocycles. The van der Waals surface area contributed by atoms with Crippen LogP contribution >= 0.6 is 0 Å². The van der Waals surface area contributed by atoms with Gasteiger partial charge in [-0.25, -0.2) is 9.59 Å². The predicted octanol–water partition coefficient (Wildman–Crippen LogP) is 8.19. The predicted molar refractivity (Wildman–Crippen MR) is 143 cm³/mol. The summed E-state index contributed by atoms with van der Waals surface area (Å²) in [6.45, 7) is 6.31. The van der Waals surface area contributed by atoms with Crippen LogP contribution in [-0.2, 0) is 6.42 Å². The molecule has 0 spiro atoms. The maximum Gasteiger partial charge on any atom is 0.335 e. The minimum Gasteiger partial charge on any atom is -0.478 e. The first-order valence-electron chi connectivity index (χ1n) is 12.6. The summed E-state index contributed by atoms with van der Waals surface area (Å²) < 4.78 is 0. The normalized spacial score (nSPS) is 12.2. The Bertz CT molecular complexity index is 995. The Morgan fingerprint density at radius 2 is 1.09 bits per heavy atom. The monoisotopic (exact) mass is 474 g/mol. The molecule has 0 aromatic heterocycles. The summed E-state index contributed by atoms with van der Waals surface area (Å²) in [7, 11) is 0. The van der Waals surface area contributed by atoms with E-state index in [1.54, 1.807) is 24.3 Å². The molecule has 3 aromatic rings. The Morgan fingerprint density at radius 1 is 0.657 bits per heavy atom. The zero-order valence-electron chi connectivity index (χ0n) is 21.1. The Hall–Kier alpha value is -3.40. The number of carbonyl (C=O) groups is 2. The van der Waals surface area contributed by atoms with Gasteiger partial charge in [0, 0.05) is 0 Å². The Balaban J connectivity index is 0.000000360. The van der Waals surface area contributed by atoms with Crippen molar-refractivity contribution in [3.63, 3.8) is 0 Å². The molecule has 4 nitrogen and oxygen atoms in total. The number of carboxylic acid groups (broad SMARTS) is 2. The Kier molecular flexibility index (Phi) is 11.8. The van der Waals surface area contributed by atoms with Crippen molar-refractivity contribution in [2.24, 2.45) is 0 Å². The highest BCUT2D eigenvalue weighted by Gasteiger charge is 2.24. The number of hydrogen-bond donors (Lipinski definition) is 2. The smallest absolute Gasteiger partial charge is 0.335 e. The van der Waals surface area contributed by atoms with Crippen LogP contribution < -0.4 is 0 Å². The third kappa shape index (κ3) is 8.40. The van der Waals surface area contributed by atoms with E-state index in [2.05, 4.69) is 37.3 Å². The Labute approximate surface area is 209 Å². The highest BCUT2D eigenvalue weighted by atomic mass is 16.4. The molecule has 3 rings (SSSR count). The van der Waals surface area contributed by atoms with Gasteiger partial charge in [0.15, 0.2) is 0 Å². The average Bonchev–Trinajstić information content (AvgIpc) is 2.89. The molecule has 0 saturated heterocycles. The molecule has 0 fully saturated rings. The van der Waals surface area contributed by atoms with Crippen molar-refractivity contribution in [3.8, 4) is 0 Å². The first-order chi connectivity index (χ1) is 16.9. The second-order valence-corrected chi connectivity index (χ2v) is 8.82. The van der Waals surface area contributed by atoms with Crippen LogP contribution in [0.25, 0.3) is 0 Å². The molecule has 35 heavy (non-hydrogen) atoms. The van der Waals surface area contributed by atoms with Gasteiger partial charge in [-0.2, -0.15) is 0 Å². The number of aryl methyl sites for hydroxylation is 1. The summed E-state index contributed by atoms with van der Waals surface area (Å²) in [5.41, 5.74) is 3.77. The zero-order valence-corrected chi connectivity index (χ0v) is 21.1. The van der Waals surface area contributed by atoms with Crippen molar-refractivity contribution in [3.05, 3.63) is 107 Å². The maximum absolute atomic E-state index is 11.5. The molecule has 0 amide bonds. The fraction of sp³-hybridized carbons (Fsp3) is 0.355. The van der Waals surface area contributed by atoms with Crippen LogP contribution in [0.3, 0.4) is 0 Å². The van der Waals surface area contributed by atoms with Gasteiger partial charge in [-0.3, -0.25) is 0 Å². The number of rotatable bonds is 11. The van der Waals surface area contributed by atoms with E-state index in [0.29, 0.717) is 11.1 Å². The number of benzene rings is 3. The SMILES string of the molecule is CCC(CC(CC)c1ccccc1C(=O)O)c1ccccc1C(=O)O.CCCCc1ccccc1. The quantitative estimate of drug-likeness (QED) is 0.294. The van der Waals surface area contributed by atoms with E-state index < -0.39 is 11.9 Å². The summed E-state index contributed by atoms with van der Waals surface area (Å²) in [6.07, 6.45) is 6.16. The number of hydrogen-bond acceptors (Lipinski definition) is 2. The molecule has 2 N–H and O–H groups in total.